The molecular formula is C24H19BrN6O2. The summed E-state index contributed by atoms with van der Waals surface area (Å²) in [5.74, 6) is 0.818. The lowest BCUT2D eigenvalue weighted by Crippen LogP contribution is -2.31. The molecule has 33 heavy (non-hydrogen) atoms. The van der Waals surface area contributed by atoms with Crippen molar-refractivity contribution in [1.29, 1.82) is 0 Å². The molecule has 8 nitrogen and oxygen atoms in total. The third-order valence-corrected chi connectivity index (χ3v) is 5.84. The number of aromatic nitrogens is 4. The van der Waals surface area contributed by atoms with Crippen LogP contribution in [0.3, 0.4) is 0 Å². The highest BCUT2D eigenvalue weighted by Gasteiger charge is 2.34. The largest absolute Gasteiger partial charge is 0.508 e. The van der Waals surface area contributed by atoms with Gasteiger partial charge in [0.05, 0.1) is 17.5 Å². The van der Waals surface area contributed by atoms with Gasteiger partial charge in [-0.1, -0.05) is 40.2 Å². The van der Waals surface area contributed by atoms with Crippen molar-refractivity contribution in [2.45, 2.75) is 13.0 Å². The number of fused-ring (bicyclic) bond motifs is 1. The Morgan fingerprint density at radius 3 is 2.70 bits per heavy atom. The molecule has 9 heteroatoms. The Bertz CT molecular complexity index is 1370. The van der Waals surface area contributed by atoms with Crippen molar-refractivity contribution in [3.8, 4) is 17.1 Å². The molecule has 2 aromatic heterocycles. The highest BCUT2D eigenvalue weighted by molar-refractivity contribution is 9.10. The van der Waals surface area contributed by atoms with Crippen LogP contribution in [0, 0.1) is 0 Å². The van der Waals surface area contributed by atoms with Gasteiger partial charge in [0.1, 0.15) is 11.8 Å². The zero-order valence-electron chi connectivity index (χ0n) is 17.5. The van der Waals surface area contributed by atoms with E-state index in [1.165, 1.54) is 0 Å². The second kappa shape index (κ2) is 8.51. The van der Waals surface area contributed by atoms with Crippen molar-refractivity contribution < 1.29 is 9.90 Å². The first-order chi connectivity index (χ1) is 16.0. The molecule has 0 saturated carbocycles. The molecule has 0 saturated heterocycles. The quantitative estimate of drug-likeness (QED) is 0.372. The average molecular weight is 503 g/mol. The minimum absolute atomic E-state index is 0.128. The van der Waals surface area contributed by atoms with Gasteiger partial charge in [0.2, 0.25) is 5.95 Å². The zero-order chi connectivity index (χ0) is 22.9. The minimum Gasteiger partial charge on any atom is -0.508 e. The van der Waals surface area contributed by atoms with E-state index in [1.807, 2.05) is 37.3 Å². The second-order valence-corrected chi connectivity index (χ2v) is 8.48. The fourth-order valence-corrected chi connectivity index (χ4v) is 4.07. The molecule has 3 N–H and O–H groups in total. The number of benzene rings is 2. The Labute approximate surface area is 198 Å². The predicted molar refractivity (Wildman–Crippen MR) is 129 cm³/mol. The van der Waals surface area contributed by atoms with E-state index < -0.39 is 6.04 Å². The molecule has 0 fully saturated rings. The van der Waals surface area contributed by atoms with Gasteiger partial charge in [-0.2, -0.15) is 4.98 Å². The van der Waals surface area contributed by atoms with Crippen LogP contribution in [0.1, 0.15) is 18.5 Å². The van der Waals surface area contributed by atoms with E-state index in [4.69, 9.17) is 5.10 Å². The predicted octanol–water partition coefficient (Wildman–Crippen LogP) is 4.74. The van der Waals surface area contributed by atoms with Crippen LogP contribution in [0.2, 0.25) is 0 Å². The molecule has 1 amide bonds. The number of phenols is 1. The summed E-state index contributed by atoms with van der Waals surface area (Å²) in [6, 6.07) is 17.5. The summed E-state index contributed by atoms with van der Waals surface area (Å²) in [5, 5.41) is 20.7. The molecule has 1 aliphatic rings. The minimum atomic E-state index is -0.510. The van der Waals surface area contributed by atoms with Crippen LogP contribution in [0.25, 0.3) is 11.4 Å². The monoisotopic (exact) mass is 502 g/mol. The van der Waals surface area contributed by atoms with Crippen LogP contribution >= 0.6 is 15.9 Å². The van der Waals surface area contributed by atoms with Gasteiger partial charge in [-0.15, -0.1) is 5.10 Å². The number of carbonyl (C=O) groups excluding carboxylic acids is 1. The van der Waals surface area contributed by atoms with Gasteiger partial charge in [0.25, 0.3) is 5.91 Å². The van der Waals surface area contributed by atoms with Crippen molar-refractivity contribution >= 4 is 33.5 Å². The van der Waals surface area contributed by atoms with Gasteiger partial charge in [-0.3, -0.25) is 9.78 Å². The fourth-order valence-electron chi connectivity index (χ4n) is 3.80. The molecule has 1 unspecified atom stereocenters. The van der Waals surface area contributed by atoms with Crippen LogP contribution in [0.5, 0.6) is 5.75 Å². The molecule has 3 heterocycles. The number of allylic oxidation sites excluding steroid dienone is 1. The van der Waals surface area contributed by atoms with Gasteiger partial charge >= 0.3 is 0 Å². The Morgan fingerprint density at radius 2 is 1.97 bits per heavy atom. The number of rotatable bonds is 4. The number of hydrogen-bond acceptors (Lipinski definition) is 6. The number of aromatic hydroxyl groups is 1. The number of amides is 1. The highest BCUT2D eigenvalue weighted by Crippen LogP contribution is 2.37. The highest BCUT2D eigenvalue weighted by atomic mass is 79.9. The number of nitrogens with zero attached hydrogens (tertiary/aromatic N) is 4. The summed E-state index contributed by atoms with van der Waals surface area (Å²) in [4.78, 5) is 22.1. The summed E-state index contributed by atoms with van der Waals surface area (Å²) in [5.41, 5.74) is 3.34. The number of carbonyl (C=O) groups is 1. The van der Waals surface area contributed by atoms with E-state index in [9.17, 15) is 9.90 Å². The maximum absolute atomic E-state index is 13.4. The maximum Gasteiger partial charge on any atom is 0.255 e. The Kier molecular flexibility index (Phi) is 5.39. The number of nitrogens with one attached hydrogen (secondary N) is 2. The van der Waals surface area contributed by atoms with Crippen LogP contribution < -0.4 is 10.6 Å². The van der Waals surface area contributed by atoms with E-state index >= 15 is 0 Å². The zero-order valence-corrected chi connectivity index (χ0v) is 19.1. The molecule has 4 aromatic rings. The van der Waals surface area contributed by atoms with Crippen molar-refractivity contribution in [2.75, 3.05) is 10.6 Å². The third kappa shape index (κ3) is 4.10. The molecule has 1 atom stereocenters. The lowest BCUT2D eigenvalue weighted by Gasteiger charge is -2.28. The van der Waals surface area contributed by atoms with Gasteiger partial charge in [-0.25, -0.2) is 4.68 Å². The lowest BCUT2D eigenvalue weighted by atomic mass is 9.95. The van der Waals surface area contributed by atoms with Gasteiger partial charge in [0.15, 0.2) is 5.82 Å². The van der Waals surface area contributed by atoms with E-state index in [2.05, 4.69) is 36.5 Å². The molecule has 5 rings (SSSR count). The Morgan fingerprint density at radius 1 is 1.15 bits per heavy atom. The average Bonchev–Trinajstić information content (AvgIpc) is 3.23. The molecule has 0 bridgehead atoms. The first-order valence-electron chi connectivity index (χ1n) is 10.2. The number of hydrogen-bond donors (Lipinski definition) is 3. The summed E-state index contributed by atoms with van der Waals surface area (Å²) in [7, 11) is 0. The van der Waals surface area contributed by atoms with E-state index in [0.717, 1.165) is 10.0 Å². The van der Waals surface area contributed by atoms with Crippen molar-refractivity contribution in [1.82, 2.24) is 19.7 Å². The van der Waals surface area contributed by atoms with E-state index in [-0.39, 0.29) is 11.7 Å². The second-order valence-electron chi connectivity index (χ2n) is 7.57. The Hall–Kier alpha value is -3.98. The first-order valence-corrected chi connectivity index (χ1v) is 11.0. The third-order valence-electron chi connectivity index (χ3n) is 5.31. The maximum atomic E-state index is 13.4. The van der Waals surface area contributed by atoms with Crippen LogP contribution in [0.15, 0.2) is 88.8 Å². The molecule has 0 spiro atoms. The van der Waals surface area contributed by atoms with Crippen molar-refractivity contribution in [3.05, 3.63) is 94.4 Å². The van der Waals surface area contributed by atoms with Crippen molar-refractivity contribution in [2.24, 2.45) is 0 Å². The van der Waals surface area contributed by atoms with Gasteiger partial charge < -0.3 is 15.7 Å². The van der Waals surface area contributed by atoms with Gasteiger partial charge in [0, 0.05) is 21.9 Å². The number of pyridine rings is 1. The number of halogens is 1. The topological polar surface area (TPSA) is 105 Å². The molecule has 164 valence electrons. The summed E-state index contributed by atoms with van der Waals surface area (Å²) < 4.78 is 2.63. The van der Waals surface area contributed by atoms with Crippen LogP contribution in [0.4, 0.5) is 11.6 Å². The Balaban J connectivity index is 1.61. The summed E-state index contributed by atoms with van der Waals surface area (Å²) in [6.45, 7) is 1.84. The molecule has 1 aliphatic heterocycles. The van der Waals surface area contributed by atoms with Crippen molar-refractivity contribution in [3.63, 3.8) is 0 Å². The fraction of sp³-hybridized carbons (Fsp3) is 0.0833. The van der Waals surface area contributed by atoms with Crippen LogP contribution in [-0.4, -0.2) is 30.8 Å². The molecule has 0 aliphatic carbocycles. The van der Waals surface area contributed by atoms with Crippen LogP contribution in [-0.2, 0) is 4.79 Å². The SMILES string of the molecule is CC1=C(C(=O)Nc2cccnc2)C(c2ccc(Br)cc2)n2nc(-c3cccc(O)c3)nc2N1. The lowest BCUT2D eigenvalue weighted by molar-refractivity contribution is -0.113. The summed E-state index contributed by atoms with van der Waals surface area (Å²) >= 11 is 3.47. The molecule has 2 aromatic carbocycles. The summed E-state index contributed by atoms with van der Waals surface area (Å²) in [6.07, 6.45) is 3.25. The van der Waals surface area contributed by atoms with Gasteiger partial charge in [-0.05, 0) is 48.9 Å². The smallest absolute Gasteiger partial charge is 0.255 e. The van der Waals surface area contributed by atoms with E-state index in [1.54, 1.807) is 47.4 Å². The normalized spacial score (nSPS) is 15.0. The van der Waals surface area contributed by atoms with E-state index in [0.29, 0.717) is 34.3 Å². The standard InChI is InChI=1S/C24H19BrN6O2/c1-14-20(23(33)28-18-5-3-11-26-13-18)21(15-7-9-17(25)10-8-15)31-24(27-14)29-22(30-31)16-4-2-6-19(32)12-16/h2-13,21,32H,1H3,(H,28,33)(H,27,29,30). The number of anilines is 2. The first kappa shape index (κ1) is 20.9. The molecule has 0 radical (unpaired) electrons. The number of phenolic OH excluding ortho intramolecular Hbond substituents is 1. The molecular weight excluding hydrogens is 484 g/mol.